The van der Waals surface area contributed by atoms with Crippen molar-refractivity contribution in [1.29, 1.82) is 0 Å². The van der Waals surface area contributed by atoms with Gasteiger partial charge in [0.2, 0.25) is 5.91 Å². The van der Waals surface area contributed by atoms with E-state index in [0.29, 0.717) is 34.7 Å². The van der Waals surface area contributed by atoms with Crippen LogP contribution in [0.15, 0.2) is 72.8 Å². The molecule has 1 spiro atoms. The van der Waals surface area contributed by atoms with Crippen LogP contribution in [0.2, 0.25) is 0 Å². The second kappa shape index (κ2) is 8.07. The number of likely N-dealkylation sites (N-methyl/N-ethyl adjacent to an activating group) is 1. The van der Waals surface area contributed by atoms with Crippen LogP contribution in [-0.2, 0) is 10.3 Å². The van der Waals surface area contributed by atoms with Gasteiger partial charge in [0.25, 0.3) is 5.69 Å². The number of nitro groups is 1. The van der Waals surface area contributed by atoms with E-state index < -0.39 is 22.3 Å². The summed E-state index contributed by atoms with van der Waals surface area (Å²) in [6, 6.07) is 20.5. The molecule has 0 radical (unpaired) electrons. The highest BCUT2D eigenvalue weighted by atomic mass is 16.6. The third-order valence-corrected chi connectivity index (χ3v) is 7.01. The first-order chi connectivity index (χ1) is 16.4. The SMILES string of the molecule is COc1ccc2c(c1)C1(C(=O)N2)C(C(=O)c2ccccc2)C(c2cccc([N+](=O)[O-])c2)CN1C. The lowest BCUT2D eigenvalue weighted by molar-refractivity contribution is -0.384. The Hall–Kier alpha value is -4.04. The van der Waals surface area contributed by atoms with Gasteiger partial charge in [-0.25, -0.2) is 0 Å². The number of methoxy groups -OCH3 is 1. The van der Waals surface area contributed by atoms with Crippen LogP contribution in [0.1, 0.15) is 27.4 Å². The smallest absolute Gasteiger partial charge is 0.269 e. The average molecular weight is 457 g/mol. The zero-order chi connectivity index (χ0) is 24.0. The van der Waals surface area contributed by atoms with Gasteiger partial charge >= 0.3 is 0 Å². The second-order valence-corrected chi connectivity index (χ2v) is 8.68. The third kappa shape index (κ3) is 3.10. The first-order valence-corrected chi connectivity index (χ1v) is 10.9. The maximum Gasteiger partial charge on any atom is 0.269 e. The van der Waals surface area contributed by atoms with E-state index in [0.717, 1.165) is 0 Å². The number of likely N-dealkylation sites (tertiary alicyclic amines) is 1. The van der Waals surface area contributed by atoms with E-state index >= 15 is 0 Å². The average Bonchev–Trinajstić information content (AvgIpc) is 3.33. The molecular weight excluding hydrogens is 434 g/mol. The van der Waals surface area contributed by atoms with Crippen LogP contribution >= 0.6 is 0 Å². The number of hydrogen-bond acceptors (Lipinski definition) is 6. The first kappa shape index (κ1) is 21.8. The van der Waals surface area contributed by atoms with Gasteiger partial charge < -0.3 is 10.1 Å². The summed E-state index contributed by atoms with van der Waals surface area (Å²) in [6.07, 6.45) is 0. The molecule has 3 unspecified atom stereocenters. The largest absolute Gasteiger partial charge is 0.497 e. The summed E-state index contributed by atoms with van der Waals surface area (Å²) in [5, 5.41) is 14.4. The summed E-state index contributed by atoms with van der Waals surface area (Å²) in [5.74, 6) is -1.16. The molecule has 34 heavy (non-hydrogen) atoms. The van der Waals surface area contributed by atoms with Crippen LogP contribution < -0.4 is 10.1 Å². The van der Waals surface area contributed by atoms with Gasteiger partial charge in [0.15, 0.2) is 5.78 Å². The van der Waals surface area contributed by atoms with Crippen LogP contribution in [0, 0.1) is 16.0 Å². The number of carbonyl (C=O) groups is 2. The number of amides is 1. The van der Waals surface area contributed by atoms with Gasteiger partial charge in [0.05, 0.1) is 18.0 Å². The maximum absolute atomic E-state index is 14.1. The van der Waals surface area contributed by atoms with Crippen LogP contribution in [0.25, 0.3) is 0 Å². The fourth-order valence-corrected chi connectivity index (χ4v) is 5.50. The molecule has 1 amide bonds. The predicted molar refractivity (Wildman–Crippen MR) is 126 cm³/mol. The number of ketones is 1. The lowest BCUT2D eigenvalue weighted by atomic mass is 9.70. The Morgan fingerprint density at radius 2 is 1.88 bits per heavy atom. The molecule has 0 saturated carbocycles. The predicted octanol–water partition coefficient (Wildman–Crippen LogP) is 3.98. The number of fused-ring (bicyclic) bond motifs is 2. The molecule has 3 aromatic rings. The lowest BCUT2D eigenvalue weighted by Gasteiger charge is -2.35. The molecule has 3 atom stereocenters. The monoisotopic (exact) mass is 457 g/mol. The third-order valence-electron chi connectivity index (χ3n) is 7.01. The fourth-order valence-electron chi connectivity index (χ4n) is 5.50. The van der Waals surface area contributed by atoms with Crippen LogP contribution in [0.5, 0.6) is 5.75 Å². The van der Waals surface area contributed by atoms with Gasteiger partial charge in [-0.1, -0.05) is 42.5 Å². The Balaban J connectivity index is 1.74. The minimum absolute atomic E-state index is 0.0510. The molecule has 3 aromatic carbocycles. The fraction of sp³-hybridized carbons (Fsp3) is 0.231. The van der Waals surface area contributed by atoms with Crippen LogP contribution in [0.3, 0.4) is 0 Å². The highest BCUT2D eigenvalue weighted by Crippen LogP contribution is 2.56. The number of nitrogens with zero attached hydrogens (tertiary/aromatic N) is 2. The summed E-state index contributed by atoms with van der Waals surface area (Å²) >= 11 is 0. The van der Waals surface area contributed by atoms with Gasteiger partial charge in [0, 0.05) is 41.4 Å². The van der Waals surface area contributed by atoms with E-state index in [1.807, 2.05) is 18.0 Å². The van der Waals surface area contributed by atoms with Crippen molar-refractivity contribution in [3.8, 4) is 5.75 Å². The van der Waals surface area contributed by atoms with Crippen molar-refractivity contribution in [1.82, 2.24) is 4.90 Å². The van der Waals surface area contributed by atoms with Crippen molar-refractivity contribution < 1.29 is 19.2 Å². The highest BCUT2D eigenvalue weighted by molar-refractivity contribution is 6.12. The molecule has 2 heterocycles. The standard InChI is InChI=1S/C26H23N3O5/c1-28-15-20(17-9-6-10-18(13-17)29(32)33)23(24(30)16-7-4-3-5-8-16)26(28)21-14-19(34-2)11-12-22(21)27-25(26)31/h3-14,20,23H,15H2,1-2H3,(H,27,31). The van der Waals surface area contributed by atoms with Crippen molar-refractivity contribution in [2.45, 2.75) is 11.5 Å². The Morgan fingerprint density at radius 1 is 1.12 bits per heavy atom. The molecule has 0 bridgehead atoms. The Bertz CT molecular complexity index is 1310. The zero-order valence-corrected chi connectivity index (χ0v) is 18.7. The molecule has 0 aromatic heterocycles. The number of carbonyl (C=O) groups excluding carboxylic acids is 2. The molecule has 8 nitrogen and oxygen atoms in total. The minimum atomic E-state index is -1.29. The molecule has 1 saturated heterocycles. The molecule has 0 aliphatic carbocycles. The topological polar surface area (TPSA) is 102 Å². The summed E-state index contributed by atoms with van der Waals surface area (Å²) < 4.78 is 5.43. The van der Waals surface area contributed by atoms with Crippen molar-refractivity contribution in [3.05, 3.63) is 99.6 Å². The van der Waals surface area contributed by atoms with E-state index in [2.05, 4.69) is 5.32 Å². The molecular formula is C26H23N3O5. The summed E-state index contributed by atoms with van der Waals surface area (Å²) in [5.41, 5.74) is 1.10. The number of benzene rings is 3. The van der Waals surface area contributed by atoms with Crippen LogP contribution in [-0.4, -0.2) is 42.2 Å². The molecule has 5 rings (SSSR count). The molecule has 2 aliphatic rings. The van der Waals surface area contributed by atoms with E-state index in [1.54, 1.807) is 61.7 Å². The number of hydrogen-bond donors (Lipinski definition) is 1. The normalized spacial score (nSPS) is 23.5. The molecule has 1 N–H and O–H groups in total. The molecule has 2 aliphatic heterocycles. The number of Topliss-reactive ketones (excluding diaryl/α,β-unsaturated/α-hetero) is 1. The van der Waals surface area contributed by atoms with Gasteiger partial charge in [0.1, 0.15) is 11.3 Å². The van der Waals surface area contributed by atoms with Crippen molar-refractivity contribution in [2.24, 2.45) is 5.92 Å². The molecule has 172 valence electrons. The Labute approximate surface area is 196 Å². The zero-order valence-electron chi connectivity index (χ0n) is 18.7. The van der Waals surface area contributed by atoms with Gasteiger partial charge in [-0.15, -0.1) is 0 Å². The van der Waals surface area contributed by atoms with Crippen molar-refractivity contribution >= 4 is 23.1 Å². The van der Waals surface area contributed by atoms with E-state index in [9.17, 15) is 19.7 Å². The number of nitro benzene ring substituents is 1. The summed E-state index contributed by atoms with van der Waals surface area (Å²) in [7, 11) is 3.37. The summed E-state index contributed by atoms with van der Waals surface area (Å²) in [6.45, 7) is 0.370. The first-order valence-electron chi connectivity index (χ1n) is 10.9. The van der Waals surface area contributed by atoms with Gasteiger partial charge in [-0.05, 0) is 30.8 Å². The Morgan fingerprint density at radius 3 is 2.59 bits per heavy atom. The number of rotatable bonds is 5. The summed E-state index contributed by atoms with van der Waals surface area (Å²) in [4.78, 5) is 40.7. The van der Waals surface area contributed by atoms with E-state index in [1.165, 1.54) is 12.1 Å². The van der Waals surface area contributed by atoms with E-state index in [-0.39, 0.29) is 17.4 Å². The minimum Gasteiger partial charge on any atom is -0.497 e. The second-order valence-electron chi connectivity index (χ2n) is 8.68. The van der Waals surface area contributed by atoms with Crippen molar-refractivity contribution in [2.75, 3.05) is 26.0 Å². The van der Waals surface area contributed by atoms with Crippen molar-refractivity contribution in [3.63, 3.8) is 0 Å². The molecule has 1 fully saturated rings. The number of non-ortho nitro benzene ring substituents is 1. The van der Waals surface area contributed by atoms with Crippen LogP contribution in [0.4, 0.5) is 11.4 Å². The highest BCUT2D eigenvalue weighted by Gasteiger charge is 2.64. The Kier molecular flexibility index (Phi) is 5.17. The molecule has 8 heteroatoms. The number of nitrogens with one attached hydrogen (secondary N) is 1. The maximum atomic E-state index is 14.1. The quantitative estimate of drug-likeness (QED) is 0.353. The lowest BCUT2D eigenvalue weighted by Crippen LogP contribution is -2.51. The van der Waals surface area contributed by atoms with Gasteiger partial charge in [-0.3, -0.25) is 24.6 Å². The number of anilines is 1. The van der Waals surface area contributed by atoms with Gasteiger partial charge in [-0.2, -0.15) is 0 Å². The number of ether oxygens (including phenoxy) is 1. The van der Waals surface area contributed by atoms with E-state index in [4.69, 9.17) is 4.74 Å².